The zero-order chi connectivity index (χ0) is 16.8. The fourth-order valence-corrected chi connectivity index (χ4v) is 5.53. The predicted octanol–water partition coefficient (Wildman–Crippen LogP) is 1.27. The number of carboxylic acid groups (broad SMARTS) is 1. The number of carbonyl (C=O) groups excluding carboxylic acids is 1. The number of sulfonamides is 1. The number of carbonyl (C=O) groups is 2. The summed E-state index contributed by atoms with van der Waals surface area (Å²) in [4.78, 5) is 22.4. The standard InChI is InChI=1S/C15H18N2O5S/c1-9(18)16-10-2-5-12(6-3-10)23(21,22)17-11-4-7-14(17)13(8-11)15(19)20/h2-3,5-6,11,13-14H,4,7-8H2,1H3,(H,16,18)(H,19,20). The minimum absolute atomic E-state index is 0.120. The molecule has 3 rings (SSSR count). The number of hydrogen-bond acceptors (Lipinski definition) is 4. The molecular weight excluding hydrogens is 320 g/mol. The second-order valence-corrected chi connectivity index (χ2v) is 7.86. The van der Waals surface area contributed by atoms with E-state index < -0.39 is 28.0 Å². The normalized spacial score (nSPS) is 27.1. The highest BCUT2D eigenvalue weighted by Crippen LogP contribution is 2.45. The van der Waals surface area contributed by atoms with Gasteiger partial charge in [0.2, 0.25) is 15.9 Å². The molecule has 0 radical (unpaired) electrons. The molecule has 2 aliphatic rings. The Morgan fingerprint density at radius 3 is 2.39 bits per heavy atom. The van der Waals surface area contributed by atoms with Crippen molar-refractivity contribution in [2.24, 2.45) is 5.92 Å². The van der Waals surface area contributed by atoms with E-state index in [2.05, 4.69) is 5.32 Å². The van der Waals surface area contributed by atoms with Crippen molar-refractivity contribution in [2.45, 2.75) is 43.2 Å². The van der Waals surface area contributed by atoms with Crippen LogP contribution in [-0.4, -0.2) is 41.8 Å². The molecule has 1 aromatic rings. The average molecular weight is 338 g/mol. The van der Waals surface area contributed by atoms with Crippen LogP contribution in [0.3, 0.4) is 0 Å². The predicted molar refractivity (Wildman–Crippen MR) is 82.3 cm³/mol. The van der Waals surface area contributed by atoms with E-state index in [0.717, 1.165) is 0 Å². The molecular formula is C15H18N2O5S. The lowest BCUT2D eigenvalue weighted by atomic mass is 9.89. The zero-order valence-corrected chi connectivity index (χ0v) is 13.4. The molecule has 2 N–H and O–H groups in total. The molecule has 0 spiro atoms. The molecule has 3 atom stereocenters. The Morgan fingerprint density at radius 1 is 1.22 bits per heavy atom. The number of amides is 1. The second kappa shape index (κ2) is 5.61. The van der Waals surface area contributed by atoms with Gasteiger partial charge in [-0.3, -0.25) is 9.59 Å². The van der Waals surface area contributed by atoms with Gasteiger partial charge < -0.3 is 10.4 Å². The molecule has 2 aliphatic heterocycles. The number of aliphatic carboxylic acids is 1. The Balaban J connectivity index is 1.87. The maximum atomic E-state index is 12.8. The Labute approximate surface area is 134 Å². The first-order chi connectivity index (χ1) is 10.8. The third-order valence-electron chi connectivity index (χ3n) is 4.54. The molecule has 2 heterocycles. The van der Waals surface area contributed by atoms with Crippen molar-refractivity contribution in [3.05, 3.63) is 24.3 Å². The van der Waals surface area contributed by atoms with Gasteiger partial charge in [0, 0.05) is 24.7 Å². The summed E-state index contributed by atoms with van der Waals surface area (Å²) in [6.07, 6.45) is 1.67. The molecule has 2 fully saturated rings. The molecule has 124 valence electrons. The van der Waals surface area contributed by atoms with Crippen LogP contribution in [0.2, 0.25) is 0 Å². The van der Waals surface area contributed by atoms with Gasteiger partial charge in [0.25, 0.3) is 0 Å². The number of nitrogens with one attached hydrogen (secondary N) is 1. The number of anilines is 1. The van der Waals surface area contributed by atoms with Crippen molar-refractivity contribution >= 4 is 27.6 Å². The van der Waals surface area contributed by atoms with Crippen LogP contribution in [0.4, 0.5) is 5.69 Å². The van der Waals surface area contributed by atoms with E-state index in [1.807, 2.05) is 0 Å². The summed E-state index contributed by atoms with van der Waals surface area (Å²) < 4.78 is 27.1. The summed E-state index contributed by atoms with van der Waals surface area (Å²) in [7, 11) is -3.73. The number of benzene rings is 1. The third-order valence-corrected chi connectivity index (χ3v) is 6.53. The second-order valence-electron chi connectivity index (χ2n) is 6.02. The topological polar surface area (TPSA) is 104 Å². The van der Waals surface area contributed by atoms with Gasteiger partial charge in [-0.05, 0) is 43.5 Å². The van der Waals surface area contributed by atoms with E-state index in [1.54, 1.807) is 0 Å². The van der Waals surface area contributed by atoms with Gasteiger partial charge in [-0.25, -0.2) is 8.42 Å². The monoisotopic (exact) mass is 338 g/mol. The van der Waals surface area contributed by atoms with Crippen molar-refractivity contribution in [3.8, 4) is 0 Å². The van der Waals surface area contributed by atoms with Crippen LogP contribution in [0.25, 0.3) is 0 Å². The number of carboxylic acids is 1. The van der Waals surface area contributed by atoms with Gasteiger partial charge in [-0.15, -0.1) is 0 Å². The largest absolute Gasteiger partial charge is 0.481 e. The summed E-state index contributed by atoms with van der Waals surface area (Å²) in [6, 6.07) is 5.24. The summed E-state index contributed by atoms with van der Waals surface area (Å²) in [6.45, 7) is 1.37. The highest BCUT2D eigenvalue weighted by Gasteiger charge is 2.54. The first kappa shape index (κ1) is 15.9. The van der Waals surface area contributed by atoms with Gasteiger partial charge in [-0.2, -0.15) is 4.31 Å². The van der Waals surface area contributed by atoms with E-state index in [0.29, 0.717) is 24.9 Å². The molecule has 0 saturated carbocycles. The quantitative estimate of drug-likeness (QED) is 0.860. The number of rotatable bonds is 4. The van der Waals surface area contributed by atoms with Crippen LogP contribution >= 0.6 is 0 Å². The molecule has 2 saturated heterocycles. The number of fused-ring (bicyclic) bond motifs is 2. The maximum Gasteiger partial charge on any atom is 0.308 e. The molecule has 2 bridgehead atoms. The van der Waals surface area contributed by atoms with Crippen molar-refractivity contribution in [2.75, 3.05) is 5.32 Å². The van der Waals surface area contributed by atoms with E-state index in [4.69, 9.17) is 0 Å². The van der Waals surface area contributed by atoms with Crippen LogP contribution in [0.1, 0.15) is 26.2 Å². The number of hydrogen-bond donors (Lipinski definition) is 2. The van der Waals surface area contributed by atoms with Gasteiger partial charge >= 0.3 is 5.97 Å². The molecule has 3 unspecified atom stereocenters. The minimum Gasteiger partial charge on any atom is -0.481 e. The molecule has 0 aliphatic carbocycles. The Bertz CT molecular complexity index is 744. The smallest absolute Gasteiger partial charge is 0.308 e. The average Bonchev–Trinajstić information content (AvgIpc) is 3.05. The molecule has 8 heteroatoms. The number of nitrogens with zero attached hydrogens (tertiary/aromatic N) is 1. The van der Waals surface area contributed by atoms with Gasteiger partial charge in [0.05, 0.1) is 10.8 Å². The highest BCUT2D eigenvalue weighted by molar-refractivity contribution is 7.89. The van der Waals surface area contributed by atoms with Gasteiger partial charge in [0.1, 0.15) is 0 Å². The Hall–Kier alpha value is -1.93. The van der Waals surface area contributed by atoms with Crippen LogP contribution in [0.15, 0.2) is 29.2 Å². The van der Waals surface area contributed by atoms with Gasteiger partial charge in [-0.1, -0.05) is 0 Å². The fraction of sp³-hybridized carbons (Fsp3) is 0.467. The van der Waals surface area contributed by atoms with E-state index in [9.17, 15) is 23.1 Å². The van der Waals surface area contributed by atoms with Crippen molar-refractivity contribution in [1.82, 2.24) is 4.31 Å². The molecule has 1 amide bonds. The Morgan fingerprint density at radius 2 is 1.87 bits per heavy atom. The van der Waals surface area contributed by atoms with Gasteiger partial charge in [0.15, 0.2) is 0 Å². The summed E-state index contributed by atoms with van der Waals surface area (Å²) >= 11 is 0. The lowest BCUT2D eigenvalue weighted by molar-refractivity contribution is -0.142. The van der Waals surface area contributed by atoms with Crippen LogP contribution in [-0.2, 0) is 19.6 Å². The lowest BCUT2D eigenvalue weighted by Gasteiger charge is -2.22. The first-order valence-corrected chi connectivity index (χ1v) is 8.88. The highest BCUT2D eigenvalue weighted by atomic mass is 32.2. The lowest BCUT2D eigenvalue weighted by Crippen LogP contribution is -2.37. The zero-order valence-electron chi connectivity index (χ0n) is 12.6. The van der Waals surface area contributed by atoms with Crippen LogP contribution in [0.5, 0.6) is 0 Å². The van der Waals surface area contributed by atoms with Crippen LogP contribution < -0.4 is 5.32 Å². The molecule has 7 nitrogen and oxygen atoms in total. The van der Waals surface area contributed by atoms with E-state index >= 15 is 0 Å². The summed E-state index contributed by atoms with van der Waals surface area (Å²) in [5.74, 6) is -1.79. The molecule has 0 aromatic heterocycles. The first-order valence-electron chi connectivity index (χ1n) is 7.44. The van der Waals surface area contributed by atoms with Crippen molar-refractivity contribution in [1.29, 1.82) is 0 Å². The van der Waals surface area contributed by atoms with Crippen LogP contribution in [0, 0.1) is 5.92 Å². The minimum atomic E-state index is -3.73. The van der Waals surface area contributed by atoms with E-state index in [1.165, 1.54) is 35.5 Å². The fourth-order valence-electron chi connectivity index (χ4n) is 3.61. The third kappa shape index (κ3) is 2.72. The molecule has 1 aromatic carbocycles. The SMILES string of the molecule is CC(=O)Nc1ccc(S(=O)(=O)N2C3CCC2C(C(=O)O)C3)cc1. The Kier molecular flexibility index (Phi) is 3.89. The maximum absolute atomic E-state index is 12.8. The van der Waals surface area contributed by atoms with Crippen molar-refractivity contribution in [3.63, 3.8) is 0 Å². The van der Waals surface area contributed by atoms with Crippen molar-refractivity contribution < 1.29 is 23.1 Å². The summed E-state index contributed by atoms with van der Waals surface area (Å²) in [5, 5.41) is 11.8. The van der Waals surface area contributed by atoms with E-state index in [-0.39, 0.29) is 16.8 Å². The summed E-state index contributed by atoms with van der Waals surface area (Å²) in [5.41, 5.74) is 0.518. The molecule has 23 heavy (non-hydrogen) atoms.